The normalized spacial score (nSPS) is 16.7. The van der Waals surface area contributed by atoms with Crippen LogP contribution in [-0.2, 0) is 0 Å². The van der Waals surface area contributed by atoms with E-state index in [2.05, 4.69) is 82.4 Å². The molecule has 4 heteroatoms. The summed E-state index contributed by atoms with van der Waals surface area (Å²) in [6.45, 7) is 10.7. The van der Waals surface area contributed by atoms with Gasteiger partial charge in [0.25, 0.3) is 0 Å². The van der Waals surface area contributed by atoms with Gasteiger partial charge in [-0.15, -0.1) is 0 Å². The lowest BCUT2D eigenvalue weighted by Crippen LogP contribution is -2.32. The van der Waals surface area contributed by atoms with Crippen LogP contribution >= 0.6 is 0 Å². The van der Waals surface area contributed by atoms with Crippen LogP contribution in [0.3, 0.4) is 0 Å². The summed E-state index contributed by atoms with van der Waals surface area (Å²) in [6, 6.07) is 14.1. The number of methoxy groups -OCH3 is 1. The monoisotopic (exact) mass is 439 g/mol. The van der Waals surface area contributed by atoms with Crippen molar-refractivity contribution in [3.8, 4) is 28.4 Å². The van der Waals surface area contributed by atoms with Crippen molar-refractivity contribution >= 4 is 23.1 Å². The van der Waals surface area contributed by atoms with E-state index in [-0.39, 0.29) is 11.3 Å². The van der Waals surface area contributed by atoms with Gasteiger partial charge in [0.2, 0.25) is 0 Å². The second-order valence-corrected chi connectivity index (χ2v) is 9.55. The first-order valence-electron chi connectivity index (χ1n) is 11.2. The quantitative estimate of drug-likeness (QED) is 0.444. The minimum Gasteiger partial charge on any atom is -0.504 e. The second-order valence-electron chi connectivity index (χ2n) is 9.55. The number of phenolic OH excluding ortho intramolecular Hbond substituents is 1. The predicted molar refractivity (Wildman–Crippen MR) is 136 cm³/mol. The molecule has 0 aliphatic carbocycles. The van der Waals surface area contributed by atoms with E-state index in [0.717, 1.165) is 39.3 Å². The van der Waals surface area contributed by atoms with Crippen LogP contribution in [0.2, 0.25) is 0 Å². The Morgan fingerprint density at radius 3 is 2.52 bits per heavy atom. The number of aryl methyl sites for hydroxylation is 2. The summed E-state index contributed by atoms with van der Waals surface area (Å²) in [7, 11) is 1.57. The van der Waals surface area contributed by atoms with E-state index in [9.17, 15) is 5.11 Å². The van der Waals surface area contributed by atoms with E-state index in [0.29, 0.717) is 11.5 Å². The van der Waals surface area contributed by atoms with Gasteiger partial charge in [0.15, 0.2) is 11.5 Å². The first kappa shape index (κ1) is 21.2. The molecule has 4 nitrogen and oxygen atoms in total. The lowest BCUT2D eigenvalue weighted by atomic mass is 9.82. The Morgan fingerprint density at radius 1 is 0.970 bits per heavy atom. The molecule has 2 aliphatic heterocycles. The fourth-order valence-electron chi connectivity index (χ4n) is 5.01. The van der Waals surface area contributed by atoms with Gasteiger partial charge in [-0.1, -0.05) is 35.9 Å². The smallest absolute Gasteiger partial charge is 0.172 e. The number of aromatic hydroxyl groups is 1. The van der Waals surface area contributed by atoms with Crippen LogP contribution in [0.25, 0.3) is 28.5 Å². The zero-order valence-electron chi connectivity index (χ0n) is 20.0. The number of ether oxygens (including phenoxy) is 2. The standard InChI is InChI=1S/C29H29NO3/c1-16-7-8-17(2)19(13-16)14-24-26-20(27-23(33-24)12-11-22(31)28(27)32-6)9-10-21-25(26)18(3)15-29(4,5)30-21/h7-15,30-31H,1-6H3/b24-14-. The highest BCUT2D eigenvalue weighted by atomic mass is 16.5. The van der Waals surface area contributed by atoms with E-state index in [1.165, 1.54) is 16.7 Å². The summed E-state index contributed by atoms with van der Waals surface area (Å²) in [5.41, 5.74) is 9.47. The Hall–Kier alpha value is -3.66. The minimum absolute atomic E-state index is 0.0944. The minimum atomic E-state index is -0.147. The summed E-state index contributed by atoms with van der Waals surface area (Å²) in [5.74, 6) is 1.96. The fraction of sp³-hybridized carbons (Fsp3) is 0.241. The molecular formula is C29H29NO3. The Kier molecular flexibility index (Phi) is 4.78. The highest BCUT2D eigenvalue weighted by Crippen LogP contribution is 2.54. The molecule has 2 N–H and O–H groups in total. The number of allylic oxidation sites excluding steroid dienone is 1. The molecule has 0 saturated carbocycles. The average molecular weight is 440 g/mol. The lowest BCUT2D eigenvalue weighted by molar-refractivity contribution is 0.371. The molecule has 5 rings (SSSR count). The van der Waals surface area contributed by atoms with Crippen LogP contribution in [-0.4, -0.2) is 17.8 Å². The van der Waals surface area contributed by atoms with Crippen molar-refractivity contribution in [2.75, 3.05) is 12.4 Å². The predicted octanol–water partition coefficient (Wildman–Crippen LogP) is 7.18. The van der Waals surface area contributed by atoms with Gasteiger partial charge < -0.3 is 19.9 Å². The fourth-order valence-corrected chi connectivity index (χ4v) is 5.01. The van der Waals surface area contributed by atoms with Crippen molar-refractivity contribution < 1.29 is 14.6 Å². The summed E-state index contributed by atoms with van der Waals surface area (Å²) < 4.78 is 12.1. The van der Waals surface area contributed by atoms with Crippen LogP contribution in [0.1, 0.15) is 48.6 Å². The number of fused-ring (bicyclic) bond motifs is 5. The van der Waals surface area contributed by atoms with Crippen molar-refractivity contribution in [2.45, 2.75) is 40.2 Å². The number of hydrogen-bond donors (Lipinski definition) is 2. The van der Waals surface area contributed by atoms with Crippen LogP contribution in [0.5, 0.6) is 17.2 Å². The summed E-state index contributed by atoms with van der Waals surface area (Å²) >= 11 is 0. The number of anilines is 1. The second kappa shape index (κ2) is 7.45. The third kappa shape index (κ3) is 3.46. The number of rotatable bonds is 2. The molecule has 0 atom stereocenters. The van der Waals surface area contributed by atoms with Crippen LogP contribution in [0.15, 0.2) is 48.5 Å². The van der Waals surface area contributed by atoms with Crippen molar-refractivity contribution in [3.05, 3.63) is 76.4 Å². The highest BCUT2D eigenvalue weighted by molar-refractivity contribution is 6.02. The number of nitrogens with one attached hydrogen (secondary N) is 1. The Balaban J connectivity index is 1.85. The van der Waals surface area contributed by atoms with Crippen LogP contribution < -0.4 is 14.8 Å². The molecule has 3 aromatic rings. The zero-order chi connectivity index (χ0) is 23.5. The number of hydrogen-bond acceptors (Lipinski definition) is 4. The third-order valence-corrected chi connectivity index (χ3v) is 6.39. The topological polar surface area (TPSA) is 50.7 Å². The lowest BCUT2D eigenvalue weighted by Gasteiger charge is -2.35. The number of phenols is 1. The van der Waals surface area contributed by atoms with Gasteiger partial charge in [0, 0.05) is 22.4 Å². The zero-order valence-corrected chi connectivity index (χ0v) is 20.0. The summed E-state index contributed by atoms with van der Waals surface area (Å²) in [5, 5.41) is 14.1. The van der Waals surface area contributed by atoms with Gasteiger partial charge in [0.1, 0.15) is 11.5 Å². The van der Waals surface area contributed by atoms with Crippen LogP contribution in [0, 0.1) is 13.8 Å². The molecule has 2 aliphatic rings. The maximum Gasteiger partial charge on any atom is 0.172 e. The average Bonchev–Trinajstić information content (AvgIpc) is 2.75. The Labute approximate surface area is 195 Å². The Bertz CT molecular complexity index is 1360. The molecule has 0 spiro atoms. The molecule has 0 aromatic heterocycles. The highest BCUT2D eigenvalue weighted by Gasteiger charge is 2.33. The molecule has 168 valence electrons. The number of benzene rings is 3. The van der Waals surface area contributed by atoms with Gasteiger partial charge >= 0.3 is 0 Å². The third-order valence-electron chi connectivity index (χ3n) is 6.39. The summed E-state index contributed by atoms with van der Waals surface area (Å²) in [4.78, 5) is 0. The van der Waals surface area contributed by atoms with Crippen molar-refractivity contribution in [2.24, 2.45) is 0 Å². The van der Waals surface area contributed by atoms with E-state index in [1.807, 2.05) is 0 Å². The van der Waals surface area contributed by atoms with Gasteiger partial charge in [-0.3, -0.25) is 0 Å². The van der Waals surface area contributed by atoms with Gasteiger partial charge in [0.05, 0.1) is 18.2 Å². The maximum atomic E-state index is 10.5. The first-order chi connectivity index (χ1) is 15.7. The molecule has 33 heavy (non-hydrogen) atoms. The first-order valence-corrected chi connectivity index (χ1v) is 11.2. The van der Waals surface area contributed by atoms with Gasteiger partial charge in [-0.2, -0.15) is 0 Å². The van der Waals surface area contributed by atoms with Gasteiger partial charge in [-0.05, 0) is 75.6 Å². The molecule has 2 heterocycles. The molecule has 0 fully saturated rings. The van der Waals surface area contributed by atoms with Crippen molar-refractivity contribution in [1.29, 1.82) is 0 Å². The molecule has 0 amide bonds. The largest absolute Gasteiger partial charge is 0.504 e. The SMILES string of the molecule is COc1c(O)ccc2c1-c1ccc3c(c1/C(=C/c1cc(C)ccc1C)O2)C(C)=CC(C)(C)N3. The maximum absolute atomic E-state index is 10.5. The molecule has 0 radical (unpaired) electrons. The Morgan fingerprint density at radius 2 is 1.76 bits per heavy atom. The van der Waals surface area contributed by atoms with Crippen molar-refractivity contribution in [3.63, 3.8) is 0 Å². The van der Waals surface area contributed by atoms with Crippen LogP contribution in [0.4, 0.5) is 5.69 Å². The van der Waals surface area contributed by atoms with Crippen molar-refractivity contribution in [1.82, 2.24) is 0 Å². The molecule has 0 saturated heterocycles. The molecule has 0 unspecified atom stereocenters. The molecule has 3 aromatic carbocycles. The summed E-state index contributed by atoms with van der Waals surface area (Å²) in [6.07, 6.45) is 4.37. The van der Waals surface area contributed by atoms with E-state index in [4.69, 9.17) is 9.47 Å². The van der Waals surface area contributed by atoms with E-state index < -0.39 is 0 Å². The van der Waals surface area contributed by atoms with Gasteiger partial charge in [-0.25, -0.2) is 0 Å². The molecular weight excluding hydrogens is 410 g/mol. The van der Waals surface area contributed by atoms with E-state index >= 15 is 0 Å². The van der Waals surface area contributed by atoms with E-state index in [1.54, 1.807) is 19.2 Å². The molecule has 0 bridgehead atoms.